The van der Waals surface area contributed by atoms with E-state index >= 15 is 0 Å². The third-order valence-electron chi connectivity index (χ3n) is 4.24. The Kier molecular flexibility index (Phi) is 4.81. The average molecular weight is 322 g/mol. The molecule has 0 atom stereocenters. The second-order valence-electron chi connectivity index (χ2n) is 5.63. The molecule has 1 aliphatic carbocycles. The maximum atomic E-state index is 12.9. The summed E-state index contributed by atoms with van der Waals surface area (Å²) in [6.45, 7) is 0.652. The fourth-order valence-electron chi connectivity index (χ4n) is 3.16. The van der Waals surface area contributed by atoms with Crippen LogP contribution in [0.5, 0.6) is 0 Å². The van der Waals surface area contributed by atoms with E-state index < -0.39 is 0 Å². The van der Waals surface area contributed by atoms with E-state index in [0.29, 0.717) is 18.5 Å². The van der Waals surface area contributed by atoms with Gasteiger partial charge in [0.2, 0.25) is 0 Å². The van der Waals surface area contributed by atoms with Gasteiger partial charge in [-0.15, -0.1) is 22.9 Å². The van der Waals surface area contributed by atoms with Crippen molar-refractivity contribution < 1.29 is 4.79 Å². The summed E-state index contributed by atoms with van der Waals surface area (Å²) in [6, 6.07) is 10.6. The molecule has 0 saturated heterocycles. The van der Waals surface area contributed by atoms with Crippen LogP contribution in [0.3, 0.4) is 0 Å². The number of hydrogen-bond donors (Lipinski definition) is 0. The number of halogens is 1. The lowest BCUT2D eigenvalue weighted by molar-refractivity contribution is 0.0655. The molecule has 0 bridgehead atoms. The standard InChI is InChI=1S/C17H20ClNOS/c18-10-11-19(14-7-2-1-3-8-14)17(20)16-12-13-6-4-5-9-15(13)21-16/h4-6,9,12,14H,1-3,7-8,10-11H2. The zero-order chi connectivity index (χ0) is 14.7. The topological polar surface area (TPSA) is 20.3 Å². The maximum Gasteiger partial charge on any atom is 0.264 e. The van der Waals surface area contributed by atoms with Crippen molar-refractivity contribution in [2.24, 2.45) is 0 Å². The Hall–Kier alpha value is -1.06. The van der Waals surface area contributed by atoms with Gasteiger partial charge in [-0.3, -0.25) is 4.79 Å². The molecule has 1 saturated carbocycles. The number of carbonyl (C=O) groups is 1. The van der Waals surface area contributed by atoms with Gasteiger partial charge in [-0.05, 0) is 30.4 Å². The van der Waals surface area contributed by atoms with E-state index in [0.717, 1.165) is 23.1 Å². The molecular weight excluding hydrogens is 302 g/mol. The van der Waals surface area contributed by atoms with Crippen LogP contribution in [0.15, 0.2) is 30.3 Å². The fourth-order valence-corrected chi connectivity index (χ4v) is 4.36. The van der Waals surface area contributed by atoms with E-state index in [9.17, 15) is 4.79 Å². The Morgan fingerprint density at radius 2 is 2.00 bits per heavy atom. The van der Waals surface area contributed by atoms with Crippen LogP contribution < -0.4 is 0 Å². The molecule has 2 aromatic rings. The molecule has 1 aromatic carbocycles. The third-order valence-corrected chi connectivity index (χ3v) is 5.51. The minimum atomic E-state index is 0.156. The van der Waals surface area contributed by atoms with E-state index in [-0.39, 0.29) is 5.91 Å². The minimum absolute atomic E-state index is 0.156. The molecule has 21 heavy (non-hydrogen) atoms. The SMILES string of the molecule is O=C(c1cc2ccccc2s1)N(CCCl)C1CCCCC1. The van der Waals surface area contributed by atoms with Gasteiger partial charge >= 0.3 is 0 Å². The van der Waals surface area contributed by atoms with Crippen molar-refractivity contribution in [3.05, 3.63) is 35.2 Å². The van der Waals surface area contributed by atoms with Crippen LogP contribution in [0.2, 0.25) is 0 Å². The van der Waals surface area contributed by atoms with Crippen LogP contribution in [0.4, 0.5) is 0 Å². The van der Waals surface area contributed by atoms with Crippen LogP contribution in [-0.2, 0) is 0 Å². The second-order valence-corrected chi connectivity index (χ2v) is 7.09. The number of fused-ring (bicyclic) bond motifs is 1. The minimum Gasteiger partial charge on any atom is -0.334 e. The quantitative estimate of drug-likeness (QED) is 0.732. The van der Waals surface area contributed by atoms with Crippen molar-refractivity contribution >= 4 is 38.9 Å². The largest absolute Gasteiger partial charge is 0.334 e. The number of thiophene rings is 1. The van der Waals surface area contributed by atoms with Gasteiger partial charge in [0.05, 0.1) is 4.88 Å². The van der Waals surface area contributed by atoms with Gasteiger partial charge in [0.1, 0.15) is 0 Å². The first-order valence-corrected chi connectivity index (χ1v) is 9.00. The van der Waals surface area contributed by atoms with Gasteiger partial charge in [0.15, 0.2) is 0 Å². The number of carbonyl (C=O) groups excluding carboxylic acids is 1. The fraction of sp³-hybridized carbons (Fsp3) is 0.471. The van der Waals surface area contributed by atoms with E-state index in [4.69, 9.17) is 11.6 Å². The van der Waals surface area contributed by atoms with Crippen molar-refractivity contribution in [3.63, 3.8) is 0 Å². The summed E-state index contributed by atoms with van der Waals surface area (Å²) >= 11 is 7.52. The Morgan fingerprint density at radius 3 is 2.71 bits per heavy atom. The van der Waals surface area contributed by atoms with Crippen LogP contribution >= 0.6 is 22.9 Å². The van der Waals surface area contributed by atoms with Crippen molar-refractivity contribution in [2.75, 3.05) is 12.4 Å². The Labute approximate surface area is 134 Å². The first kappa shape index (κ1) is 14.9. The third kappa shape index (κ3) is 3.24. The summed E-state index contributed by atoms with van der Waals surface area (Å²) < 4.78 is 1.18. The van der Waals surface area contributed by atoms with Gasteiger partial charge < -0.3 is 4.90 Å². The van der Waals surface area contributed by atoms with Gasteiger partial charge in [-0.1, -0.05) is 37.5 Å². The Bertz CT molecular complexity index is 585. The monoisotopic (exact) mass is 321 g/mol. The summed E-state index contributed by atoms with van der Waals surface area (Å²) in [6.07, 6.45) is 5.98. The number of benzene rings is 1. The lowest BCUT2D eigenvalue weighted by Crippen LogP contribution is -2.42. The first-order valence-electron chi connectivity index (χ1n) is 7.65. The molecule has 0 aliphatic heterocycles. The lowest BCUT2D eigenvalue weighted by atomic mass is 9.94. The summed E-state index contributed by atoms with van der Waals surface area (Å²) in [7, 11) is 0. The molecule has 1 aromatic heterocycles. The number of hydrogen-bond acceptors (Lipinski definition) is 2. The van der Waals surface area contributed by atoms with Crippen molar-refractivity contribution in [1.29, 1.82) is 0 Å². The highest BCUT2D eigenvalue weighted by molar-refractivity contribution is 7.20. The summed E-state index contributed by atoms with van der Waals surface area (Å²) in [5, 5.41) is 1.15. The van der Waals surface area contributed by atoms with Gasteiger partial charge in [-0.2, -0.15) is 0 Å². The van der Waals surface area contributed by atoms with E-state index in [2.05, 4.69) is 12.1 Å². The first-order chi connectivity index (χ1) is 10.3. The number of amides is 1. The molecular formula is C17H20ClNOS. The smallest absolute Gasteiger partial charge is 0.264 e. The molecule has 3 rings (SSSR count). The van der Waals surface area contributed by atoms with Crippen LogP contribution in [0, 0.1) is 0 Å². The van der Waals surface area contributed by atoms with Crippen LogP contribution in [0.25, 0.3) is 10.1 Å². The van der Waals surface area contributed by atoms with Crippen molar-refractivity contribution in [2.45, 2.75) is 38.1 Å². The van der Waals surface area contributed by atoms with Crippen molar-refractivity contribution in [3.8, 4) is 0 Å². The average Bonchev–Trinajstić information content (AvgIpc) is 2.97. The van der Waals surface area contributed by atoms with Crippen molar-refractivity contribution in [1.82, 2.24) is 4.90 Å². The molecule has 0 spiro atoms. The van der Waals surface area contributed by atoms with Gasteiger partial charge in [0, 0.05) is 23.2 Å². The molecule has 4 heteroatoms. The summed E-state index contributed by atoms with van der Waals surface area (Å²) in [5.41, 5.74) is 0. The number of alkyl halides is 1. The molecule has 0 unspecified atom stereocenters. The Morgan fingerprint density at radius 1 is 1.24 bits per heavy atom. The van der Waals surface area contributed by atoms with Gasteiger partial charge in [-0.25, -0.2) is 0 Å². The number of rotatable bonds is 4. The van der Waals surface area contributed by atoms with E-state index in [1.807, 2.05) is 23.1 Å². The molecule has 2 nitrogen and oxygen atoms in total. The predicted molar refractivity (Wildman–Crippen MR) is 90.5 cm³/mol. The molecule has 0 N–H and O–H groups in total. The van der Waals surface area contributed by atoms with E-state index in [1.54, 1.807) is 11.3 Å². The molecule has 1 fully saturated rings. The highest BCUT2D eigenvalue weighted by Crippen LogP contribution is 2.29. The highest BCUT2D eigenvalue weighted by atomic mass is 35.5. The molecule has 1 aliphatic rings. The molecule has 1 heterocycles. The lowest BCUT2D eigenvalue weighted by Gasteiger charge is -2.33. The van der Waals surface area contributed by atoms with Crippen LogP contribution in [-0.4, -0.2) is 29.3 Å². The molecule has 1 amide bonds. The second kappa shape index (κ2) is 6.80. The van der Waals surface area contributed by atoms with E-state index in [1.165, 1.54) is 24.0 Å². The zero-order valence-electron chi connectivity index (χ0n) is 12.1. The summed E-state index contributed by atoms with van der Waals surface area (Å²) in [4.78, 5) is 15.7. The molecule has 112 valence electrons. The predicted octanol–water partition coefficient (Wildman–Crippen LogP) is 4.92. The number of nitrogens with zero attached hydrogens (tertiary/aromatic N) is 1. The van der Waals surface area contributed by atoms with Gasteiger partial charge in [0.25, 0.3) is 5.91 Å². The zero-order valence-corrected chi connectivity index (χ0v) is 13.6. The normalized spacial score (nSPS) is 16.2. The highest BCUT2D eigenvalue weighted by Gasteiger charge is 2.26. The van der Waals surface area contributed by atoms with Crippen LogP contribution in [0.1, 0.15) is 41.8 Å². The summed E-state index contributed by atoms with van der Waals surface area (Å²) in [5.74, 6) is 0.663. The maximum absolute atomic E-state index is 12.9. The molecule has 0 radical (unpaired) electrons. The Balaban J connectivity index is 1.85.